The number of ether oxygens (including phenoxy) is 1. The number of hydrogen-bond acceptors (Lipinski definition) is 4. The fraction of sp³-hybridized carbons (Fsp3) is 0.526. The average Bonchev–Trinajstić information content (AvgIpc) is 2.55. The van der Waals surface area contributed by atoms with Crippen molar-refractivity contribution in [1.82, 2.24) is 0 Å². The van der Waals surface area contributed by atoms with E-state index in [0.29, 0.717) is 0 Å². The van der Waals surface area contributed by atoms with Crippen molar-refractivity contribution in [2.45, 2.75) is 56.6 Å². The average molecular weight is 353 g/mol. The van der Waals surface area contributed by atoms with Gasteiger partial charge in [0, 0.05) is 13.3 Å². The van der Waals surface area contributed by atoms with E-state index in [1.54, 1.807) is 6.08 Å². The molecule has 0 bridgehead atoms. The molecular weight excluding hydrogens is 328 g/mol. The summed E-state index contributed by atoms with van der Waals surface area (Å²) in [4.78, 5) is 10.6. The number of unbranched alkanes of at least 4 members (excludes halogenated alkanes) is 3. The minimum absolute atomic E-state index is 0.206. The SMILES string of the molecule is C=CCCCCC=CC(O)CC#CC#CC(Cl)C(O)COC(C)=O. The number of halogens is 1. The largest absolute Gasteiger partial charge is 0.463 e. The van der Waals surface area contributed by atoms with E-state index in [1.807, 2.05) is 12.2 Å². The van der Waals surface area contributed by atoms with Crippen LogP contribution < -0.4 is 0 Å². The highest BCUT2D eigenvalue weighted by Gasteiger charge is 2.15. The molecule has 4 nitrogen and oxygen atoms in total. The Balaban J connectivity index is 4.02. The second kappa shape index (κ2) is 14.8. The summed E-state index contributed by atoms with van der Waals surface area (Å²) in [7, 11) is 0. The van der Waals surface area contributed by atoms with Crippen molar-refractivity contribution in [3.05, 3.63) is 24.8 Å². The second-order valence-electron chi connectivity index (χ2n) is 5.12. The first kappa shape index (κ1) is 22.3. The van der Waals surface area contributed by atoms with Crippen LogP contribution in [0.15, 0.2) is 24.8 Å². The monoisotopic (exact) mass is 352 g/mol. The van der Waals surface area contributed by atoms with Gasteiger partial charge in [-0.05, 0) is 37.5 Å². The highest BCUT2D eigenvalue weighted by atomic mass is 35.5. The lowest BCUT2D eigenvalue weighted by Crippen LogP contribution is -2.26. The summed E-state index contributed by atoms with van der Waals surface area (Å²) in [6.07, 6.45) is 8.26. The lowest BCUT2D eigenvalue weighted by molar-refractivity contribution is -0.143. The van der Waals surface area contributed by atoms with Gasteiger partial charge in [-0.15, -0.1) is 18.2 Å². The van der Waals surface area contributed by atoms with Gasteiger partial charge in [-0.3, -0.25) is 4.79 Å². The van der Waals surface area contributed by atoms with Gasteiger partial charge in [-0.2, -0.15) is 0 Å². The quantitative estimate of drug-likeness (QED) is 0.208. The van der Waals surface area contributed by atoms with Gasteiger partial charge >= 0.3 is 5.97 Å². The molecule has 2 N–H and O–H groups in total. The molecule has 0 saturated heterocycles. The summed E-state index contributed by atoms with van der Waals surface area (Å²) in [5.74, 6) is 9.86. The number of carbonyl (C=O) groups is 1. The smallest absolute Gasteiger partial charge is 0.302 e. The van der Waals surface area contributed by atoms with Crippen molar-refractivity contribution < 1.29 is 19.7 Å². The Kier molecular flexibility index (Phi) is 13.8. The molecule has 0 aromatic carbocycles. The maximum Gasteiger partial charge on any atom is 0.302 e. The molecule has 0 spiro atoms. The van der Waals surface area contributed by atoms with Crippen LogP contribution >= 0.6 is 11.6 Å². The molecule has 0 amide bonds. The van der Waals surface area contributed by atoms with Gasteiger partial charge in [0.2, 0.25) is 0 Å². The van der Waals surface area contributed by atoms with E-state index in [0.717, 1.165) is 25.7 Å². The van der Waals surface area contributed by atoms with Crippen LogP contribution in [0.1, 0.15) is 39.0 Å². The van der Waals surface area contributed by atoms with Crippen molar-refractivity contribution >= 4 is 17.6 Å². The van der Waals surface area contributed by atoms with Gasteiger partial charge in [-0.25, -0.2) is 0 Å². The highest BCUT2D eigenvalue weighted by Crippen LogP contribution is 2.03. The minimum atomic E-state index is -1.07. The van der Waals surface area contributed by atoms with E-state index in [1.165, 1.54) is 6.92 Å². The van der Waals surface area contributed by atoms with Crippen LogP contribution in [0.2, 0.25) is 0 Å². The zero-order chi connectivity index (χ0) is 18.2. The molecule has 0 aliphatic rings. The third-order valence-corrected chi connectivity index (χ3v) is 3.25. The number of alkyl halides is 1. The standard InChI is InChI=1S/C19H25ClO4/c1-3-4-5-6-7-9-12-17(22)13-10-8-11-14-18(20)19(23)15-24-16(2)21/h3,9,12,17-19,22-23H,1,4-7,13,15H2,2H3. The number of esters is 1. The van der Waals surface area contributed by atoms with Crippen LogP contribution in [-0.2, 0) is 9.53 Å². The van der Waals surface area contributed by atoms with E-state index < -0.39 is 23.6 Å². The molecule has 0 aliphatic carbocycles. The third-order valence-electron chi connectivity index (χ3n) is 2.85. The Morgan fingerprint density at radius 2 is 2.00 bits per heavy atom. The summed E-state index contributed by atoms with van der Waals surface area (Å²) in [5, 5.41) is 18.4. The van der Waals surface area contributed by atoms with Gasteiger partial charge in [0.05, 0.1) is 6.10 Å². The Labute approximate surface area is 149 Å². The summed E-state index contributed by atoms with van der Waals surface area (Å²) in [5.41, 5.74) is 0. The van der Waals surface area contributed by atoms with Gasteiger partial charge in [0.25, 0.3) is 0 Å². The number of rotatable bonds is 10. The molecule has 0 rings (SSSR count). The molecule has 0 heterocycles. The number of carbonyl (C=O) groups excluding carboxylic acids is 1. The van der Waals surface area contributed by atoms with Gasteiger partial charge in [-0.1, -0.05) is 30.1 Å². The molecule has 0 saturated carbocycles. The fourth-order valence-electron chi connectivity index (χ4n) is 1.56. The lowest BCUT2D eigenvalue weighted by atomic mass is 10.1. The summed E-state index contributed by atoms with van der Waals surface area (Å²) >= 11 is 5.83. The first-order chi connectivity index (χ1) is 11.5. The van der Waals surface area contributed by atoms with E-state index >= 15 is 0 Å². The molecule has 0 aliphatic heterocycles. The van der Waals surface area contributed by atoms with Crippen LogP contribution in [0.5, 0.6) is 0 Å². The molecule has 3 atom stereocenters. The third kappa shape index (κ3) is 13.9. The minimum Gasteiger partial charge on any atom is -0.463 e. The van der Waals surface area contributed by atoms with E-state index in [4.69, 9.17) is 11.6 Å². The predicted octanol–water partition coefficient (Wildman–Crippen LogP) is 2.58. The fourth-order valence-corrected chi connectivity index (χ4v) is 1.69. The maximum atomic E-state index is 10.6. The van der Waals surface area contributed by atoms with Crippen molar-refractivity contribution in [1.29, 1.82) is 0 Å². The molecule has 0 fully saturated rings. The molecule has 0 aromatic heterocycles. The summed E-state index contributed by atoms with van der Waals surface area (Å²) in [6.45, 7) is 4.70. The van der Waals surface area contributed by atoms with E-state index in [2.05, 4.69) is 35.0 Å². The maximum absolute atomic E-state index is 10.6. The van der Waals surface area contributed by atoms with Crippen LogP contribution in [0.25, 0.3) is 0 Å². The molecule has 3 unspecified atom stereocenters. The van der Waals surface area contributed by atoms with Crippen LogP contribution in [-0.4, -0.2) is 40.4 Å². The molecule has 0 radical (unpaired) electrons. The van der Waals surface area contributed by atoms with Gasteiger partial charge in [0.1, 0.15) is 18.1 Å². The van der Waals surface area contributed by atoms with Gasteiger partial charge < -0.3 is 14.9 Å². The Bertz CT molecular complexity index is 519. The predicted molar refractivity (Wildman–Crippen MR) is 96.3 cm³/mol. The van der Waals surface area contributed by atoms with Crippen LogP contribution in [0.4, 0.5) is 0 Å². The van der Waals surface area contributed by atoms with Crippen LogP contribution in [0.3, 0.4) is 0 Å². The first-order valence-corrected chi connectivity index (χ1v) is 8.30. The summed E-state index contributed by atoms with van der Waals surface area (Å²) < 4.78 is 4.63. The number of allylic oxidation sites excluding steroid dienone is 2. The van der Waals surface area contributed by atoms with Crippen molar-refractivity contribution in [3.8, 4) is 23.7 Å². The zero-order valence-electron chi connectivity index (χ0n) is 14.0. The van der Waals surface area contributed by atoms with Crippen molar-refractivity contribution in [2.75, 3.05) is 6.61 Å². The molecule has 132 valence electrons. The number of aliphatic hydroxyl groups is 2. The Hall–Kier alpha value is -1.72. The second-order valence-corrected chi connectivity index (χ2v) is 5.59. The molecule has 0 aromatic rings. The Morgan fingerprint density at radius 1 is 1.29 bits per heavy atom. The van der Waals surface area contributed by atoms with Crippen molar-refractivity contribution in [2.24, 2.45) is 0 Å². The number of hydrogen-bond donors (Lipinski definition) is 2. The zero-order valence-corrected chi connectivity index (χ0v) is 14.8. The molecular formula is C19H25ClO4. The molecule has 24 heavy (non-hydrogen) atoms. The topological polar surface area (TPSA) is 66.8 Å². The summed E-state index contributed by atoms with van der Waals surface area (Å²) in [6, 6.07) is 0. The lowest BCUT2D eigenvalue weighted by Gasteiger charge is -2.10. The van der Waals surface area contributed by atoms with Crippen LogP contribution in [0, 0.1) is 23.7 Å². The van der Waals surface area contributed by atoms with E-state index in [9.17, 15) is 15.0 Å². The highest BCUT2D eigenvalue weighted by molar-refractivity contribution is 6.22. The molecule has 5 heteroatoms. The van der Waals surface area contributed by atoms with Crippen molar-refractivity contribution in [3.63, 3.8) is 0 Å². The first-order valence-electron chi connectivity index (χ1n) is 7.87. The number of aliphatic hydroxyl groups excluding tert-OH is 2. The van der Waals surface area contributed by atoms with Gasteiger partial charge in [0.15, 0.2) is 0 Å². The Morgan fingerprint density at radius 3 is 2.67 bits per heavy atom. The normalized spacial score (nSPS) is 13.8. The van der Waals surface area contributed by atoms with E-state index in [-0.39, 0.29) is 13.0 Å².